The van der Waals surface area contributed by atoms with Gasteiger partial charge < -0.3 is 10.2 Å². The van der Waals surface area contributed by atoms with Gasteiger partial charge >= 0.3 is 0 Å². The van der Waals surface area contributed by atoms with Crippen molar-refractivity contribution in [2.45, 2.75) is 37.6 Å². The van der Waals surface area contributed by atoms with Gasteiger partial charge in [-0.15, -0.1) is 11.3 Å². The summed E-state index contributed by atoms with van der Waals surface area (Å²) < 4.78 is 26.7. The first kappa shape index (κ1) is 21.5. The monoisotopic (exact) mass is 458 g/mol. The Kier molecular flexibility index (Phi) is 5.83. The fourth-order valence-corrected chi connectivity index (χ4v) is 6.64. The Balaban J connectivity index is 1.53. The fourth-order valence-electron chi connectivity index (χ4n) is 3.91. The molecule has 4 rings (SSSR count). The molecule has 8 nitrogen and oxygen atoms in total. The quantitative estimate of drug-likeness (QED) is 0.757. The number of benzene rings is 1. The minimum atomic E-state index is -3.54. The summed E-state index contributed by atoms with van der Waals surface area (Å²) in [6.45, 7) is 3.54. The van der Waals surface area contributed by atoms with Crippen molar-refractivity contribution in [1.29, 1.82) is 5.26 Å². The van der Waals surface area contributed by atoms with E-state index in [1.54, 1.807) is 4.90 Å². The van der Waals surface area contributed by atoms with Crippen LogP contribution in [0.25, 0.3) is 0 Å². The lowest BCUT2D eigenvalue weighted by atomic mass is 10.0. The molecule has 1 aromatic carbocycles. The molecule has 0 atom stereocenters. The van der Waals surface area contributed by atoms with Crippen LogP contribution in [0.1, 0.15) is 46.1 Å². The third kappa shape index (κ3) is 4.08. The van der Waals surface area contributed by atoms with Crippen molar-refractivity contribution in [3.63, 3.8) is 0 Å². The summed E-state index contributed by atoms with van der Waals surface area (Å²) in [6, 6.07) is 8.02. The maximum absolute atomic E-state index is 12.7. The predicted octanol–water partition coefficient (Wildman–Crippen LogP) is 2.56. The molecule has 0 unspecified atom stereocenters. The Bertz CT molecular complexity index is 1170. The highest BCUT2D eigenvalue weighted by molar-refractivity contribution is 7.89. The Morgan fingerprint density at radius 1 is 1.13 bits per heavy atom. The van der Waals surface area contributed by atoms with Crippen LogP contribution >= 0.6 is 11.3 Å². The van der Waals surface area contributed by atoms with Gasteiger partial charge in [-0.05, 0) is 49.1 Å². The van der Waals surface area contributed by atoms with Crippen LogP contribution in [0.4, 0.5) is 5.00 Å². The molecule has 1 N–H and O–H groups in total. The molecule has 2 aliphatic heterocycles. The number of hydrogen-bond acceptors (Lipinski definition) is 6. The van der Waals surface area contributed by atoms with Gasteiger partial charge in [0, 0.05) is 37.0 Å². The number of nitrogens with one attached hydrogen (secondary N) is 1. The molecular weight excluding hydrogens is 436 g/mol. The average molecular weight is 459 g/mol. The second-order valence-electron chi connectivity index (χ2n) is 7.60. The number of sulfonamides is 1. The number of fused-ring (bicyclic) bond motifs is 1. The molecule has 2 aromatic rings. The molecular formula is C21H22N4O4S2. The van der Waals surface area contributed by atoms with E-state index in [0.29, 0.717) is 48.7 Å². The van der Waals surface area contributed by atoms with Gasteiger partial charge in [0.2, 0.25) is 15.9 Å². The topological polar surface area (TPSA) is 111 Å². The number of thiophene rings is 1. The number of anilines is 1. The zero-order valence-electron chi connectivity index (χ0n) is 17.1. The smallest absolute Gasteiger partial charge is 0.256 e. The van der Waals surface area contributed by atoms with Crippen LogP contribution in [-0.2, 0) is 27.8 Å². The van der Waals surface area contributed by atoms with Crippen LogP contribution in [0.3, 0.4) is 0 Å². The van der Waals surface area contributed by atoms with E-state index in [9.17, 15) is 23.3 Å². The molecule has 10 heteroatoms. The minimum absolute atomic E-state index is 0.0212. The van der Waals surface area contributed by atoms with Crippen LogP contribution in [0.5, 0.6) is 0 Å². The SMILES string of the molecule is CC(=O)N1CCc2c(sc(NC(=O)c3ccc(S(=O)(=O)N4CCCC4)cc3)c2C#N)C1. The van der Waals surface area contributed by atoms with E-state index in [4.69, 9.17) is 0 Å². The van der Waals surface area contributed by atoms with Crippen LogP contribution < -0.4 is 5.32 Å². The molecule has 0 spiro atoms. The van der Waals surface area contributed by atoms with Crippen molar-refractivity contribution in [2.24, 2.45) is 0 Å². The molecule has 162 valence electrons. The zero-order valence-corrected chi connectivity index (χ0v) is 18.7. The third-order valence-electron chi connectivity index (χ3n) is 5.66. The zero-order chi connectivity index (χ0) is 22.2. The predicted molar refractivity (Wildman–Crippen MR) is 116 cm³/mol. The Morgan fingerprint density at radius 2 is 1.81 bits per heavy atom. The normalized spacial score (nSPS) is 16.6. The molecule has 1 saturated heterocycles. The van der Waals surface area contributed by atoms with Gasteiger partial charge in [-0.1, -0.05) is 0 Å². The molecule has 3 heterocycles. The van der Waals surface area contributed by atoms with Crippen LogP contribution in [0.15, 0.2) is 29.2 Å². The summed E-state index contributed by atoms with van der Waals surface area (Å²) in [5.74, 6) is -0.434. The molecule has 0 bridgehead atoms. The molecule has 1 aromatic heterocycles. The lowest BCUT2D eigenvalue weighted by Gasteiger charge is -2.25. The molecule has 2 aliphatic rings. The standard InChI is InChI=1S/C21H22N4O4S2/c1-14(26)24-11-8-17-18(12-22)21(30-19(17)13-24)23-20(27)15-4-6-16(7-5-15)31(28,29)25-9-2-3-10-25/h4-7H,2-3,8-11,13H2,1H3,(H,23,27). The lowest BCUT2D eigenvalue weighted by Crippen LogP contribution is -2.33. The summed E-state index contributed by atoms with van der Waals surface area (Å²) in [7, 11) is -3.54. The number of hydrogen-bond donors (Lipinski definition) is 1. The Hall–Kier alpha value is -2.74. The van der Waals surface area contributed by atoms with E-state index < -0.39 is 15.9 Å². The van der Waals surface area contributed by atoms with Crippen molar-refractivity contribution in [1.82, 2.24) is 9.21 Å². The van der Waals surface area contributed by atoms with E-state index >= 15 is 0 Å². The molecule has 31 heavy (non-hydrogen) atoms. The number of nitriles is 1. The number of amides is 2. The first-order valence-electron chi connectivity index (χ1n) is 10.0. The molecule has 2 amide bonds. The number of rotatable bonds is 4. The maximum atomic E-state index is 12.7. The van der Waals surface area contributed by atoms with Gasteiger partial charge in [0.25, 0.3) is 5.91 Å². The summed E-state index contributed by atoms with van der Waals surface area (Å²) in [4.78, 5) is 27.2. The van der Waals surface area contributed by atoms with E-state index in [2.05, 4.69) is 11.4 Å². The van der Waals surface area contributed by atoms with Crippen molar-refractivity contribution in [2.75, 3.05) is 25.0 Å². The first-order chi connectivity index (χ1) is 14.8. The summed E-state index contributed by atoms with van der Waals surface area (Å²) >= 11 is 1.30. The number of nitrogens with zero attached hydrogens (tertiary/aromatic N) is 3. The third-order valence-corrected chi connectivity index (χ3v) is 8.71. The molecule has 0 aliphatic carbocycles. The minimum Gasteiger partial charge on any atom is -0.337 e. The average Bonchev–Trinajstić information content (AvgIpc) is 3.41. The second kappa shape index (κ2) is 8.42. The van der Waals surface area contributed by atoms with Gasteiger partial charge in [-0.25, -0.2) is 8.42 Å². The summed E-state index contributed by atoms with van der Waals surface area (Å²) in [6.07, 6.45) is 2.29. The van der Waals surface area contributed by atoms with Gasteiger partial charge in [0.15, 0.2) is 0 Å². The van der Waals surface area contributed by atoms with Crippen LogP contribution in [0, 0.1) is 11.3 Å². The lowest BCUT2D eigenvalue weighted by molar-refractivity contribution is -0.129. The Morgan fingerprint density at radius 3 is 2.42 bits per heavy atom. The summed E-state index contributed by atoms with van der Waals surface area (Å²) in [5, 5.41) is 12.8. The number of carbonyl (C=O) groups is 2. The van der Waals surface area contributed by atoms with E-state index in [-0.39, 0.29) is 10.8 Å². The van der Waals surface area contributed by atoms with E-state index in [1.807, 2.05) is 0 Å². The maximum Gasteiger partial charge on any atom is 0.256 e. The highest BCUT2D eigenvalue weighted by atomic mass is 32.2. The number of carbonyl (C=O) groups excluding carboxylic acids is 2. The summed E-state index contributed by atoms with van der Waals surface area (Å²) in [5.41, 5.74) is 1.62. The van der Waals surface area contributed by atoms with Crippen LogP contribution in [-0.4, -0.2) is 49.1 Å². The first-order valence-corrected chi connectivity index (χ1v) is 12.3. The van der Waals surface area contributed by atoms with Gasteiger partial charge in [0.05, 0.1) is 17.0 Å². The van der Waals surface area contributed by atoms with Crippen molar-refractivity contribution in [3.8, 4) is 6.07 Å². The largest absolute Gasteiger partial charge is 0.337 e. The Labute approximate surface area is 185 Å². The van der Waals surface area contributed by atoms with E-state index in [0.717, 1.165) is 23.3 Å². The highest BCUT2D eigenvalue weighted by Gasteiger charge is 2.28. The van der Waals surface area contributed by atoms with Crippen LogP contribution in [0.2, 0.25) is 0 Å². The fraction of sp³-hybridized carbons (Fsp3) is 0.381. The van der Waals surface area contributed by atoms with Gasteiger partial charge in [0.1, 0.15) is 11.1 Å². The second-order valence-corrected chi connectivity index (χ2v) is 10.6. The highest BCUT2D eigenvalue weighted by Crippen LogP contribution is 2.37. The van der Waals surface area contributed by atoms with Crippen molar-refractivity contribution in [3.05, 3.63) is 45.8 Å². The van der Waals surface area contributed by atoms with Crippen molar-refractivity contribution >= 4 is 38.2 Å². The van der Waals surface area contributed by atoms with Gasteiger partial charge in [-0.2, -0.15) is 9.57 Å². The van der Waals surface area contributed by atoms with E-state index in [1.165, 1.54) is 46.8 Å². The molecule has 0 radical (unpaired) electrons. The van der Waals surface area contributed by atoms with Gasteiger partial charge in [-0.3, -0.25) is 9.59 Å². The molecule has 1 fully saturated rings. The molecule has 0 saturated carbocycles. The van der Waals surface area contributed by atoms with Crippen molar-refractivity contribution < 1.29 is 18.0 Å².